The van der Waals surface area contributed by atoms with Crippen LogP contribution in [0.4, 0.5) is 0 Å². The van der Waals surface area contributed by atoms with Crippen LogP contribution in [0.2, 0.25) is 5.02 Å². The van der Waals surface area contributed by atoms with Gasteiger partial charge >= 0.3 is 0 Å². The molecule has 0 fully saturated rings. The molecule has 7 heteroatoms. The third kappa shape index (κ3) is 4.09. The van der Waals surface area contributed by atoms with Gasteiger partial charge in [-0.2, -0.15) is 0 Å². The fraction of sp³-hybridized carbons (Fsp3) is 0.211. The number of Topliss-reactive ketones (excluding diaryl/α,β-unsaturated/α-hetero) is 1. The van der Waals surface area contributed by atoms with Crippen LogP contribution < -0.4 is 10.3 Å². The highest BCUT2D eigenvalue weighted by Crippen LogP contribution is 2.15. The minimum Gasteiger partial charge on any atom is -0.491 e. The summed E-state index contributed by atoms with van der Waals surface area (Å²) >= 11 is 5.90. The van der Waals surface area contributed by atoms with Gasteiger partial charge in [-0.3, -0.25) is 14.2 Å². The van der Waals surface area contributed by atoms with Gasteiger partial charge in [0, 0.05) is 10.6 Å². The molecule has 0 bridgehead atoms. The first-order chi connectivity index (χ1) is 12.4. The molecule has 3 rings (SSSR count). The number of aromatic nitrogens is 2. The number of aliphatic hydroxyl groups excluding tert-OH is 1. The molecule has 3 aromatic rings. The topological polar surface area (TPSA) is 81.4 Å². The van der Waals surface area contributed by atoms with Crippen molar-refractivity contribution in [2.45, 2.75) is 19.6 Å². The Kier molecular flexibility index (Phi) is 5.35. The fourth-order valence-corrected chi connectivity index (χ4v) is 2.70. The monoisotopic (exact) mass is 372 g/mol. The van der Waals surface area contributed by atoms with E-state index in [0.29, 0.717) is 27.2 Å². The molecule has 2 aromatic carbocycles. The molecule has 0 saturated heterocycles. The van der Waals surface area contributed by atoms with Gasteiger partial charge in [0.2, 0.25) is 0 Å². The van der Waals surface area contributed by atoms with Crippen molar-refractivity contribution >= 4 is 28.3 Å². The minimum atomic E-state index is -0.916. The maximum absolute atomic E-state index is 12.5. The molecule has 0 radical (unpaired) electrons. The van der Waals surface area contributed by atoms with Crippen molar-refractivity contribution in [3.63, 3.8) is 0 Å². The summed E-state index contributed by atoms with van der Waals surface area (Å²) in [5.41, 5.74) is 0.778. The summed E-state index contributed by atoms with van der Waals surface area (Å²) in [7, 11) is 0. The number of halogens is 1. The molecule has 0 unspecified atom stereocenters. The zero-order chi connectivity index (χ0) is 18.7. The summed E-state index contributed by atoms with van der Waals surface area (Å²) in [4.78, 5) is 28.0. The second-order valence-electron chi connectivity index (χ2n) is 5.91. The van der Waals surface area contributed by atoms with E-state index in [0.717, 1.165) is 0 Å². The van der Waals surface area contributed by atoms with Crippen LogP contribution in [0.25, 0.3) is 10.9 Å². The Morgan fingerprint density at radius 3 is 2.88 bits per heavy atom. The highest BCUT2D eigenvalue weighted by Gasteiger charge is 2.11. The Morgan fingerprint density at radius 1 is 1.31 bits per heavy atom. The molecule has 0 spiro atoms. The normalized spacial score (nSPS) is 12.1. The van der Waals surface area contributed by atoms with Crippen molar-refractivity contribution in [1.29, 1.82) is 0 Å². The van der Waals surface area contributed by atoms with Crippen molar-refractivity contribution in [2.75, 3.05) is 6.61 Å². The van der Waals surface area contributed by atoms with Crippen molar-refractivity contribution in [2.24, 2.45) is 0 Å². The molecule has 1 atom stereocenters. The van der Waals surface area contributed by atoms with Crippen molar-refractivity contribution in [1.82, 2.24) is 9.55 Å². The maximum atomic E-state index is 12.5. The van der Waals surface area contributed by atoms with E-state index >= 15 is 0 Å². The number of fused-ring (bicyclic) bond motifs is 1. The van der Waals surface area contributed by atoms with E-state index in [1.54, 1.807) is 42.5 Å². The first-order valence-electron chi connectivity index (χ1n) is 8.00. The summed E-state index contributed by atoms with van der Waals surface area (Å²) < 4.78 is 6.85. The van der Waals surface area contributed by atoms with Crippen LogP contribution in [0.1, 0.15) is 17.3 Å². The van der Waals surface area contributed by atoms with Crippen LogP contribution in [0.5, 0.6) is 5.75 Å². The van der Waals surface area contributed by atoms with E-state index in [9.17, 15) is 14.7 Å². The molecule has 0 saturated carbocycles. The molecule has 0 amide bonds. The average molecular weight is 373 g/mol. The van der Waals surface area contributed by atoms with Crippen LogP contribution in [0.15, 0.2) is 53.6 Å². The number of carbonyl (C=O) groups excluding carboxylic acids is 1. The third-order valence-electron chi connectivity index (χ3n) is 3.88. The lowest BCUT2D eigenvalue weighted by Crippen LogP contribution is -2.30. The molecule has 0 aliphatic heterocycles. The summed E-state index contributed by atoms with van der Waals surface area (Å²) in [5, 5.41) is 11.1. The van der Waals surface area contributed by atoms with Crippen LogP contribution >= 0.6 is 11.6 Å². The predicted molar refractivity (Wildman–Crippen MR) is 99.0 cm³/mol. The molecule has 134 valence electrons. The number of ketones is 1. The summed E-state index contributed by atoms with van der Waals surface area (Å²) in [6.07, 6.45) is 0.459. The minimum absolute atomic E-state index is 0.0214. The van der Waals surface area contributed by atoms with Crippen LogP contribution in [-0.2, 0) is 6.54 Å². The zero-order valence-corrected chi connectivity index (χ0v) is 14.8. The molecule has 0 aliphatic rings. The second kappa shape index (κ2) is 7.68. The SMILES string of the molecule is CC(=O)c1cccc(OC[C@@H](O)Cn2cnc3cc(Cl)ccc3c2=O)c1. The van der Waals surface area contributed by atoms with Crippen LogP contribution in [-0.4, -0.2) is 33.2 Å². The van der Waals surface area contributed by atoms with Crippen LogP contribution in [0, 0.1) is 0 Å². The Bertz CT molecular complexity index is 1020. The number of benzene rings is 2. The van der Waals surface area contributed by atoms with E-state index in [1.807, 2.05) is 0 Å². The van der Waals surface area contributed by atoms with Gasteiger partial charge < -0.3 is 9.84 Å². The van der Waals surface area contributed by atoms with Crippen molar-refractivity contribution < 1.29 is 14.6 Å². The van der Waals surface area contributed by atoms with Gasteiger partial charge in [-0.1, -0.05) is 23.7 Å². The number of rotatable bonds is 6. The van der Waals surface area contributed by atoms with E-state index in [2.05, 4.69) is 4.98 Å². The van der Waals surface area contributed by atoms with Crippen LogP contribution in [0.3, 0.4) is 0 Å². The van der Waals surface area contributed by atoms with E-state index in [4.69, 9.17) is 16.3 Å². The number of carbonyl (C=O) groups is 1. The van der Waals surface area contributed by atoms with Gasteiger partial charge in [0.15, 0.2) is 5.78 Å². The summed E-state index contributed by atoms with van der Waals surface area (Å²) in [6.45, 7) is 1.49. The van der Waals surface area contributed by atoms with Gasteiger partial charge in [-0.05, 0) is 37.3 Å². The number of hydrogen-bond acceptors (Lipinski definition) is 5. The smallest absolute Gasteiger partial charge is 0.261 e. The number of nitrogens with zero attached hydrogens (tertiary/aromatic N) is 2. The lowest BCUT2D eigenvalue weighted by Gasteiger charge is -2.14. The molecular weight excluding hydrogens is 356 g/mol. The highest BCUT2D eigenvalue weighted by molar-refractivity contribution is 6.31. The molecule has 0 aliphatic carbocycles. The van der Waals surface area contributed by atoms with Gasteiger partial charge in [-0.15, -0.1) is 0 Å². The third-order valence-corrected chi connectivity index (χ3v) is 4.11. The number of hydrogen-bond donors (Lipinski definition) is 1. The lowest BCUT2D eigenvalue weighted by molar-refractivity contribution is 0.0913. The number of aliphatic hydroxyl groups is 1. The van der Waals surface area contributed by atoms with Crippen molar-refractivity contribution in [3.8, 4) is 5.75 Å². The fourth-order valence-electron chi connectivity index (χ4n) is 2.54. The number of ether oxygens (including phenoxy) is 1. The molecule has 1 heterocycles. The predicted octanol–water partition coefficient (Wildman–Crippen LogP) is 2.69. The standard InChI is InChI=1S/C19H17ClN2O4/c1-12(23)13-3-2-4-16(7-13)26-10-15(24)9-22-11-21-18-8-14(20)5-6-17(18)19(22)25/h2-8,11,15,24H,9-10H2,1H3/t15-/m0/s1. The summed E-state index contributed by atoms with van der Waals surface area (Å²) in [6, 6.07) is 11.6. The molecule has 1 aromatic heterocycles. The highest BCUT2D eigenvalue weighted by atomic mass is 35.5. The van der Waals surface area contributed by atoms with Gasteiger partial charge in [-0.25, -0.2) is 4.98 Å². The van der Waals surface area contributed by atoms with Crippen molar-refractivity contribution in [3.05, 3.63) is 69.7 Å². The maximum Gasteiger partial charge on any atom is 0.261 e. The molecule has 1 N–H and O–H groups in total. The molecule has 26 heavy (non-hydrogen) atoms. The van der Waals surface area contributed by atoms with E-state index < -0.39 is 6.10 Å². The van der Waals surface area contributed by atoms with E-state index in [-0.39, 0.29) is 24.5 Å². The Labute approximate surface area is 154 Å². The zero-order valence-electron chi connectivity index (χ0n) is 14.1. The Morgan fingerprint density at radius 2 is 2.12 bits per heavy atom. The summed E-state index contributed by atoms with van der Waals surface area (Å²) in [5.74, 6) is 0.417. The van der Waals surface area contributed by atoms with Gasteiger partial charge in [0.25, 0.3) is 5.56 Å². The largest absolute Gasteiger partial charge is 0.491 e. The molecular formula is C19H17ClN2O4. The Hall–Kier alpha value is -2.70. The van der Waals surface area contributed by atoms with E-state index in [1.165, 1.54) is 17.8 Å². The lowest BCUT2D eigenvalue weighted by atomic mass is 10.1. The first kappa shape index (κ1) is 18.1. The average Bonchev–Trinajstić information content (AvgIpc) is 2.62. The Balaban J connectivity index is 1.69. The second-order valence-corrected chi connectivity index (χ2v) is 6.35. The van der Waals surface area contributed by atoms with Gasteiger partial charge in [0.05, 0.1) is 23.8 Å². The quantitative estimate of drug-likeness (QED) is 0.673. The van der Waals surface area contributed by atoms with Gasteiger partial charge in [0.1, 0.15) is 18.5 Å². The first-order valence-corrected chi connectivity index (χ1v) is 8.38. The molecule has 6 nitrogen and oxygen atoms in total.